The number of rotatable bonds is 2. The number of amides is 2. The highest BCUT2D eigenvalue weighted by Gasteiger charge is 2.35. The number of halogens is 3. The Hall–Kier alpha value is -1.93. The molecule has 1 heterocycles. The van der Waals surface area contributed by atoms with Gasteiger partial charge in [-0.15, -0.1) is 0 Å². The van der Waals surface area contributed by atoms with Crippen LogP contribution in [0, 0.1) is 0 Å². The Morgan fingerprint density at radius 2 is 1.80 bits per heavy atom. The lowest BCUT2D eigenvalue weighted by Crippen LogP contribution is -2.46. The summed E-state index contributed by atoms with van der Waals surface area (Å²) in [5.41, 5.74) is 4.07. The maximum absolute atomic E-state index is 12.9. The van der Waals surface area contributed by atoms with Gasteiger partial charge in [-0.3, -0.25) is 9.59 Å². The van der Waals surface area contributed by atoms with Crippen LogP contribution in [0.25, 0.3) is 0 Å². The molecule has 1 fully saturated rings. The fourth-order valence-corrected chi connectivity index (χ4v) is 1.93. The van der Waals surface area contributed by atoms with E-state index in [4.69, 9.17) is 10.5 Å². The van der Waals surface area contributed by atoms with Gasteiger partial charge in [0.1, 0.15) is 13.2 Å². The molecule has 0 aromatic heterocycles. The average molecular weight is 288 g/mol. The van der Waals surface area contributed by atoms with Gasteiger partial charge in [0.25, 0.3) is 11.8 Å². The van der Waals surface area contributed by atoms with Crippen LogP contribution in [0.5, 0.6) is 0 Å². The molecule has 1 aliphatic rings. The Morgan fingerprint density at radius 1 is 1.20 bits per heavy atom. The molecule has 1 saturated heterocycles. The van der Waals surface area contributed by atoms with Crippen molar-refractivity contribution in [2.24, 2.45) is 5.73 Å². The fourth-order valence-electron chi connectivity index (χ4n) is 1.93. The number of imide groups is 1. The van der Waals surface area contributed by atoms with Gasteiger partial charge in [0.15, 0.2) is 0 Å². The summed E-state index contributed by atoms with van der Waals surface area (Å²) in [6.07, 6.45) is -4.61. The lowest BCUT2D eigenvalue weighted by atomic mass is 10.1. The Bertz CT molecular complexity index is 541. The molecule has 0 saturated carbocycles. The second kappa shape index (κ2) is 5.22. The van der Waals surface area contributed by atoms with E-state index in [1.54, 1.807) is 0 Å². The second-order valence-corrected chi connectivity index (χ2v) is 4.16. The van der Waals surface area contributed by atoms with Crippen molar-refractivity contribution in [1.82, 2.24) is 0 Å². The predicted molar refractivity (Wildman–Crippen MR) is 62.6 cm³/mol. The third kappa shape index (κ3) is 2.66. The van der Waals surface area contributed by atoms with Gasteiger partial charge in [0, 0.05) is 6.54 Å². The monoisotopic (exact) mass is 288 g/mol. The van der Waals surface area contributed by atoms with E-state index >= 15 is 0 Å². The third-order valence-corrected chi connectivity index (χ3v) is 2.83. The van der Waals surface area contributed by atoms with E-state index in [0.717, 1.165) is 12.1 Å². The van der Waals surface area contributed by atoms with E-state index in [0.29, 0.717) is 4.90 Å². The molecule has 0 atom stereocenters. The maximum atomic E-state index is 12.9. The number of morpholine rings is 1. The number of hydrogen-bond acceptors (Lipinski definition) is 4. The molecule has 2 amide bonds. The van der Waals surface area contributed by atoms with Crippen molar-refractivity contribution in [1.29, 1.82) is 0 Å². The first-order valence-corrected chi connectivity index (χ1v) is 5.68. The van der Waals surface area contributed by atoms with Crippen LogP contribution < -0.4 is 10.6 Å². The minimum atomic E-state index is -4.61. The van der Waals surface area contributed by atoms with E-state index in [9.17, 15) is 22.8 Å². The van der Waals surface area contributed by atoms with E-state index in [1.165, 1.54) is 6.07 Å². The standard InChI is InChI=1S/C12H11F3N2O3/c13-12(14,15)9-3-8(2-1-7(9)4-16)17-10(18)5-20-6-11(17)19/h1-3H,4-6,16H2. The number of hydrogen-bond donors (Lipinski definition) is 1. The molecule has 0 bridgehead atoms. The van der Waals surface area contributed by atoms with E-state index in [1.807, 2.05) is 0 Å². The molecule has 20 heavy (non-hydrogen) atoms. The summed E-state index contributed by atoms with van der Waals surface area (Å²) < 4.78 is 43.4. The molecular formula is C12H11F3N2O3. The molecule has 1 aromatic rings. The molecule has 1 aliphatic heterocycles. The van der Waals surface area contributed by atoms with Crippen LogP contribution in [0.2, 0.25) is 0 Å². The minimum absolute atomic E-state index is 0.102. The van der Waals surface area contributed by atoms with Gasteiger partial charge >= 0.3 is 6.18 Å². The number of nitrogens with two attached hydrogens (primary N) is 1. The summed E-state index contributed by atoms with van der Waals surface area (Å²) in [6, 6.07) is 3.18. The van der Waals surface area contributed by atoms with E-state index in [-0.39, 0.29) is 31.0 Å². The highest BCUT2D eigenvalue weighted by Crippen LogP contribution is 2.34. The first-order valence-electron chi connectivity index (χ1n) is 5.68. The average Bonchev–Trinajstić information content (AvgIpc) is 2.37. The van der Waals surface area contributed by atoms with Crippen LogP contribution in [0.3, 0.4) is 0 Å². The summed E-state index contributed by atoms with van der Waals surface area (Å²) in [6.45, 7) is -0.975. The van der Waals surface area contributed by atoms with Crippen molar-refractivity contribution >= 4 is 17.5 Å². The zero-order valence-electron chi connectivity index (χ0n) is 10.2. The largest absolute Gasteiger partial charge is 0.416 e. The number of carbonyl (C=O) groups excluding carboxylic acids is 2. The number of anilines is 1. The molecule has 0 aliphatic carbocycles. The summed E-state index contributed by atoms with van der Waals surface area (Å²) >= 11 is 0. The van der Waals surface area contributed by atoms with Crippen LogP contribution in [-0.4, -0.2) is 25.0 Å². The van der Waals surface area contributed by atoms with Crippen LogP contribution in [0.1, 0.15) is 11.1 Å². The van der Waals surface area contributed by atoms with Crippen molar-refractivity contribution < 1.29 is 27.5 Å². The molecule has 8 heteroatoms. The molecular weight excluding hydrogens is 277 g/mol. The van der Waals surface area contributed by atoms with Crippen molar-refractivity contribution in [2.45, 2.75) is 12.7 Å². The Kier molecular flexibility index (Phi) is 3.78. The molecule has 108 valence electrons. The number of nitrogens with zero attached hydrogens (tertiary/aromatic N) is 1. The molecule has 5 nitrogen and oxygen atoms in total. The van der Waals surface area contributed by atoms with Gasteiger partial charge in [-0.25, -0.2) is 4.90 Å². The summed E-state index contributed by atoms with van der Waals surface area (Å²) in [5, 5.41) is 0. The highest BCUT2D eigenvalue weighted by molar-refractivity contribution is 6.17. The smallest absolute Gasteiger partial charge is 0.362 e. The van der Waals surface area contributed by atoms with Gasteiger partial charge in [-0.1, -0.05) is 6.07 Å². The lowest BCUT2D eigenvalue weighted by molar-refractivity contribution is -0.140. The summed E-state index contributed by atoms with van der Waals surface area (Å²) in [4.78, 5) is 23.9. The molecule has 0 spiro atoms. The number of alkyl halides is 3. The van der Waals surface area contributed by atoms with E-state index in [2.05, 4.69) is 0 Å². The zero-order valence-corrected chi connectivity index (χ0v) is 10.2. The van der Waals surface area contributed by atoms with Gasteiger partial charge < -0.3 is 10.5 Å². The van der Waals surface area contributed by atoms with Crippen LogP contribution in [0.4, 0.5) is 18.9 Å². The van der Waals surface area contributed by atoms with Gasteiger partial charge in [-0.05, 0) is 17.7 Å². The molecule has 2 N–H and O–H groups in total. The van der Waals surface area contributed by atoms with E-state index < -0.39 is 23.6 Å². The summed E-state index contributed by atoms with van der Waals surface area (Å²) in [7, 11) is 0. The van der Waals surface area contributed by atoms with Crippen molar-refractivity contribution in [3.63, 3.8) is 0 Å². The normalized spacial score (nSPS) is 16.7. The molecule has 2 rings (SSSR count). The minimum Gasteiger partial charge on any atom is -0.362 e. The fraction of sp³-hybridized carbons (Fsp3) is 0.333. The number of benzene rings is 1. The number of carbonyl (C=O) groups is 2. The van der Waals surface area contributed by atoms with Gasteiger partial charge in [-0.2, -0.15) is 13.2 Å². The maximum Gasteiger partial charge on any atom is 0.416 e. The second-order valence-electron chi connectivity index (χ2n) is 4.16. The van der Waals surface area contributed by atoms with Crippen molar-refractivity contribution in [3.8, 4) is 0 Å². The lowest BCUT2D eigenvalue weighted by Gasteiger charge is -2.26. The third-order valence-electron chi connectivity index (χ3n) is 2.83. The van der Waals surface area contributed by atoms with Crippen LogP contribution >= 0.6 is 0 Å². The first kappa shape index (κ1) is 14.5. The Labute approximate surface area is 112 Å². The predicted octanol–water partition coefficient (Wildman–Crippen LogP) is 1.05. The van der Waals surface area contributed by atoms with Crippen molar-refractivity contribution in [2.75, 3.05) is 18.1 Å². The van der Waals surface area contributed by atoms with Crippen LogP contribution in [-0.2, 0) is 27.0 Å². The topological polar surface area (TPSA) is 72.6 Å². The quantitative estimate of drug-likeness (QED) is 0.826. The zero-order chi connectivity index (χ0) is 14.9. The molecule has 0 unspecified atom stereocenters. The molecule has 1 aromatic carbocycles. The Morgan fingerprint density at radius 3 is 2.30 bits per heavy atom. The highest BCUT2D eigenvalue weighted by atomic mass is 19.4. The number of ether oxygens (including phenoxy) is 1. The van der Waals surface area contributed by atoms with Gasteiger partial charge in [0.05, 0.1) is 11.3 Å². The Balaban J connectivity index is 2.48. The van der Waals surface area contributed by atoms with Gasteiger partial charge in [0.2, 0.25) is 0 Å². The van der Waals surface area contributed by atoms with Crippen LogP contribution in [0.15, 0.2) is 18.2 Å². The molecule has 0 radical (unpaired) electrons. The van der Waals surface area contributed by atoms with Crippen molar-refractivity contribution in [3.05, 3.63) is 29.3 Å². The summed E-state index contributed by atoms with van der Waals surface area (Å²) in [5.74, 6) is -1.40. The SMILES string of the molecule is NCc1ccc(N2C(=O)COCC2=O)cc1C(F)(F)F. The first-order chi connectivity index (χ1) is 9.34.